The minimum atomic E-state index is -0.462. The molecule has 12 heavy (non-hydrogen) atoms. The van der Waals surface area contributed by atoms with E-state index in [1.165, 1.54) is 7.11 Å². The van der Waals surface area contributed by atoms with Gasteiger partial charge in [0.05, 0.1) is 25.5 Å². The quantitative estimate of drug-likeness (QED) is 0.659. The molecular formula is C6H10N4O2. The number of alkyl carbamates (subject to hydrolysis) is 1. The molecule has 0 saturated heterocycles. The zero-order valence-corrected chi connectivity index (χ0v) is 6.94. The minimum absolute atomic E-state index is 0.371. The summed E-state index contributed by atoms with van der Waals surface area (Å²) in [4.78, 5) is 10.6. The van der Waals surface area contributed by atoms with E-state index in [4.69, 9.17) is 0 Å². The third-order valence-corrected chi connectivity index (χ3v) is 1.41. The van der Waals surface area contributed by atoms with Crippen molar-refractivity contribution in [2.75, 3.05) is 7.11 Å². The summed E-state index contributed by atoms with van der Waals surface area (Å²) in [7, 11) is 3.07. The van der Waals surface area contributed by atoms with E-state index in [-0.39, 0.29) is 0 Å². The monoisotopic (exact) mass is 170 g/mol. The van der Waals surface area contributed by atoms with Gasteiger partial charge < -0.3 is 10.1 Å². The van der Waals surface area contributed by atoms with Crippen LogP contribution in [0.2, 0.25) is 0 Å². The molecule has 6 heteroatoms. The van der Waals surface area contributed by atoms with Crippen molar-refractivity contribution in [2.24, 2.45) is 7.05 Å². The Kier molecular flexibility index (Phi) is 2.62. The molecule has 66 valence electrons. The zero-order valence-electron chi connectivity index (χ0n) is 6.94. The predicted molar refractivity (Wildman–Crippen MR) is 40.2 cm³/mol. The van der Waals surface area contributed by atoms with Gasteiger partial charge in [-0.25, -0.2) is 4.79 Å². The molecule has 0 unspecified atom stereocenters. The smallest absolute Gasteiger partial charge is 0.407 e. The van der Waals surface area contributed by atoms with Crippen molar-refractivity contribution in [3.63, 3.8) is 0 Å². The number of hydrogen-bond acceptors (Lipinski definition) is 4. The van der Waals surface area contributed by atoms with Crippen LogP contribution in [0, 0.1) is 0 Å². The molecule has 0 spiro atoms. The molecule has 0 aliphatic heterocycles. The fourth-order valence-corrected chi connectivity index (χ4v) is 0.706. The second-order valence-corrected chi connectivity index (χ2v) is 2.19. The van der Waals surface area contributed by atoms with Gasteiger partial charge >= 0.3 is 6.09 Å². The lowest BCUT2D eigenvalue weighted by atomic mass is 10.5. The van der Waals surface area contributed by atoms with E-state index < -0.39 is 6.09 Å². The molecule has 0 atom stereocenters. The molecule has 0 fully saturated rings. The van der Waals surface area contributed by atoms with Crippen molar-refractivity contribution in [3.8, 4) is 0 Å². The Balaban J connectivity index is 2.43. The molecule has 1 rings (SSSR count). The van der Waals surface area contributed by atoms with Gasteiger partial charge in [0.1, 0.15) is 0 Å². The summed E-state index contributed by atoms with van der Waals surface area (Å²) in [5, 5.41) is 9.85. The maximum absolute atomic E-state index is 10.6. The van der Waals surface area contributed by atoms with E-state index in [2.05, 4.69) is 20.4 Å². The number of ether oxygens (including phenoxy) is 1. The molecule has 0 aromatic carbocycles. The van der Waals surface area contributed by atoms with Crippen molar-refractivity contribution in [3.05, 3.63) is 11.9 Å². The third kappa shape index (κ3) is 1.94. The first-order chi connectivity index (χ1) is 5.74. The van der Waals surface area contributed by atoms with Crippen molar-refractivity contribution >= 4 is 6.09 Å². The maximum Gasteiger partial charge on any atom is 0.407 e. The number of aromatic nitrogens is 3. The van der Waals surface area contributed by atoms with Gasteiger partial charge in [0.15, 0.2) is 0 Å². The first kappa shape index (κ1) is 8.51. The normalized spacial score (nSPS) is 9.50. The van der Waals surface area contributed by atoms with E-state index >= 15 is 0 Å². The van der Waals surface area contributed by atoms with Crippen LogP contribution in [0.1, 0.15) is 5.69 Å². The van der Waals surface area contributed by atoms with Crippen molar-refractivity contribution < 1.29 is 9.53 Å². The number of aryl methyl sites for hydroxylation is 1. The number of hydrogen-bond donors (Lipinski definition) is 1. The molecular weight excluding hydrogens is 160 g/mol. The molecule has 1 N–H and O–H groups in total. The Morgan fingerprint density at radius 3 is 3.08 bits per heavy atom. The van der Waals surface area contributed by atoms with Crippen molar-refractivity contribution in [2.45, 2.75) is 6.54 Å². The molecule has 0 saturated carbocycles. The Bertz CT molecular complexity index is 270. The van der Waals surface area contributed by atoms with Gasteiger partial charge in [0, 0.05) is 7.05 Å². The van der Waals surface area contributed by atoms with Crippen LogP contribution in [0.15, 0.2) is 6.20 Å². The van der Waals surface area contributed by atoms with Crippen LogP contribution in [0.25, 0.3) is 0 Å². The van der Waals surface area contributed by atoms with Crippen molar-refractivity contribution in [1.29, 1.82) is 0 Å². The summed E-state index contributed by atoms with van der Waals surface area (Å²) in [5.41, 5.74) is 0.820. The van der Waals surface area contributed by atoms with Crippen LogP contribution >= 0.6 is 0 Å². The Hall–Kier alpha value is -1.59. The average molecular weight is 170 g/mol. The standard InChI is InChI=1S/C6H10N4O2/c1-10-5(4-8-9-10)3-7-6(11)12-2/h4H,3H2,1-2H3,(H,7,11). The molecule has 0 radical (unpaired) electrons. The first-order valence-electron chi connectivity index (χ1n) is 3.39. The highest BCUT2D eigenvalue weighted by Gasteiger charge is 2.01. The highest BCUT2D eigenvalue weighted by Crippen LogP contribution is 1.91. The third-order valence-electron chi connectivity index (χ3n) is 1.41. The van der Waals surface area contributed by atoms with Gasteiger partial charge in [0.25, 0.3) is 0 Å². The summed E-state index contributed by atoms with van der Waals surface area (Å²) in [6.07, 6.45) is 1.12. The van der Waals surface area contributed by atoms with Crippen LogP contribution in [-0.2, 0) is 18.3 Å². The highest BCUT2D eigenvalue weighted by molar-refractivity contribution is 5.66. The van der Waals surface area contributed by atoms with Gasteiger partial charge in [-0.3, -0.25) is 4.68 Å². The number of rotatable bonds is 2. The van der Waals surface area contributed by atoms with Gasteiger partial charge in [-0.15, -0.1) is 5.10 Å². The summed E-state index contributed by atoms with van der Waals surface area (Å²) in [6, 6.07) is 0. The number of nitrogens with one attached hydrogen (secondary N) is 1. The number of carbonyl (C=O) groups excluding carboxylic acids is 1. The van der Waals surface area contributed by atoms with E-state index in [9.17, 15) is 4.79 Å². The van der Waals surface area contributed by atoms with Gasteiger partial charge in [-0.1, -0.05) is 5.21 Å². The lowest BCUT2D eigenvalue weighted by Gasteiger charge is -2.01. The van der Waals surface area contributed by atoms with Crippen LogP contribution in [0.3, 0.4) is 0 Å². The predicted octanol–water partition coefficient (Wildman–Crippen LogP) is -0.329. The fraction of sp³-hybridized carbons (Fsp3) is 0.500. The van der Waals surface area contributed by atoms with Gasteiger partial charge in [0.2, 0.25) is 0 Å². The second-order valence-electron chi connectivity index (χ2n) is 2.19. The molecule has 6 nitrogen and oxygen atoms in total. The second kappa shape index (κ2) is 3.70. The molecule has 1 aromatic rings. The van der Waals surface area contributed by atoms with Crippen LogP contribution in [0.4, 0.5) is 4.79 Å². The van der Waals surface area contributed by atoms with Crippen LogP contribution in [0.5, 0.6) is 0 Å². The minimum Gasteiger partial charge on any atom is -0.453 e. The number of nitrogens with zero attached hydrogens (tertiary/aromatic N) is 3. The van der Waals surface area contributed by atoms with Crippen LogP contribution < -0.4 is 5.32 Å². The molecule has 1 heterocycles. The molecule has 1 aromatic heterocycles. The molecule has 0 aliphatic rings. The lowest BCUT2D eigenvalue weighted by molar-refractivity contribution is 0.170. The van der Waals surface area contributed by atoms with Gasteiger partial charge in [-0.05, 0) is 0 Å². The molecule has 1 amide bonds. The zero-order chi connectivity index (χ0) is 8.97. The summed E-state index contributed by atoms with van der Waals surface area (Å²) in [6.45, 7) is 0.371. The number of methoxy groups -OCH3 is 1. The van der Waals surface area contributed by atoms with E-state index in [0.717, 1.165) is 5.69 Å². The summed E-state index contributed by atoms with van der Waals surface area (Å²) >= 11 is 0. The van der Waals surface area contributed by atoms with E-state index in [0.29, 0.717) is 6.54 Å². The summed E-state index contributed by atoms with van der Waals surface area (Å²) < 4.78 is 5.97. The van der Waals surface area contributed by atoms with Crippen LogP contribution in [-0.4, -0.2) is 28.2 Å². The average Bonchev–Trinajstić information content (AvgIpc) is 2.47. The maximum atomic E-state index is 10.6. The Morgan fingerprint density at radius 2 is 2.58 bits per heavy atom. The lowest BCUT2D eigenvalue weighted by Crippen LogP contribution is -2.23. The summed E-state index contributed by atoms with van der Waals surface area (Å²) in [5.74, 6) is 0. The molecule has 0 aliphatic carbocycles. The topological polar surface area (TPSA) is 69.0 Å². The number of amides is 1. The Labute approximate surface area is 69.5 Å². The highest BCUT2D eigenvalue weighted by atomic mass is 16.5. The van der Waals surface area contributed by atoms with E-state index in [1.807, 2.05) is 0 Å². The Morgan fingerprint density at radius 1 is 1.83 bits per heavy atom. The molecule has 0 bridgehead atoms. The largest absolute Gasteiger partial charge is 0.453 e. The number of carbonyl (C=O) groups is 1. The van der Waals surface area contributed by atoms with Gasteiger partial charge in [-0.2, -0.15) is 0 Å². The SMILES string of the molecule is COC(=O)NCc1cnnn1C. The first-order valence-corrected chi connectivity index (χ1v) is 3.39. The fourth-order valence-electron chi connectivity index (χ4n) is 0.706. The van der Waals surface area contributed by atoms with E-state index in [1.54, 1.807) is 17.9 Å². The van der Waals surface area contributed by atoms with Crippen molar-refractivity contribution in [1.82, 2.24) is 20.3 Å².